The maximum atomic E-state index is 9.06. The van der Waals surface area contributed by atoms with Crippen molar-refractivity contribution in [3.63, 3.8) is 0 Å². The van der Waals surface area contributed by atoms with Gasteiger partial charge >= 0.3 is 0 Å². The fraction of sp³-hybridized carbons (Fsp3) is 0.625. The first-order valence-electron chi connectivity index (χ1n) is 7.67. The minimum absolute atomic E-state index is 0.139. The molecule has 1 fully saturated rings. The van der Waals surface area contributed by atoms with Crippen LogP contribution in [0, 0.1) is 19.3 Å². The van der Waals surface area contributed by atoms with Gasteiger partial charge in [0.2, 0.25) is 0 Å². The molecule has 0 atom stereocenters. The Balaban J connectivity index is 2.45. The van der Waals surface area contributed by atoms with Gasteiger partial charge in [0, 0.05) is 18.8 Å². The number of aromatic nitrogens is 1. The van der Waals surface area contributed by atoms with Gasteiger partial charge in [0.15, 0.2) is 5.84 Å². The van der Waals surface area contributed by atoms with Crippen molar-refractivity contribution >= 4 is 11.7 Å². The fourth-order valence-electron chi connectivity index (χ4n) is 3.36. The zero-order valence-electron chi connectivity index (χ0n) is 13.5. The Labute approximate surface area is 126 Å². The second-order valence-electron chi connectivity index (χ2n) is 6.14. The summed E-state index contributed by atoms with van der Waals surface area (Å²) >= 11 is 0. The van der Waals surface area contributed by atoms with E-state index in [2.05, 4.69) is 28.9 Å². The number of anilines is 1. The van der Waals surface area contributed by atoms with Crippen LogP contribution in [0.2, 0.25) is 0 Å². The largest absolute Gasteiger partial charge is 0.409 e. The average molecular weight is 290 g/mol. The van der Waals surface area contributed by atoms with E-state index in [-0.39, 0.29) is 5.84 Å². The number of nitrogens with zero attached hydrogens (tertiary/aromatic N) is 3. The third-order valence-corrected chi connectivity index (χ3v) is 4.93. The summed E-state index contributed by atoms with van der Waals surface area (Å²) in [7, 11) is 0. The van der Waals surface area contributed by atoms with Gasteiger partial charge in [0.05, 0.1) is 5.56 Å². The molecule has 1 aliphatic rings. The molecule has 1 aromatic rings. The molecule has 1 saturated heterocycles. The van der Waals surface area contributed by atoms with E-state index in [0.717, 1.165) is 35.7 Å². The van der Waals surface area contributed by atoms with E-state index in [1.165, 1.54) is 19.3 Å². The molecule has 3 N–H and O–H groups in total. The molecule has 5 nitrogen and oxygen atoms in total. The molecule has 2 rings (SSSR count). The van der Waals surface area contributed by atoms with Crippen LogP contribution in [0.1, 0.15) is 49.9 Å². The monoisotopic (exact) mass is 290 g/mol. The molecule has 0 bridgehead atoms. The van der Waals surface area contributed by atoms with Crippen molar-refractivity contribution < 1.29 is 5.21 Å². The Hall–Kier alpha value is -1.78. The highest BCUT2D eigenvalue weighted by atomic mass is 16.4. The molecule has 0 aliphatic carbocycles. The Morgan fingerprint density at radius 1 is 1.43 bits per heavy atom. The van der Waals surface area contributed by atoms with Crippen LogP contribution in [0.25, 0.3) is 0 Å². The smallest absolute Gasteiger partial charge is 0.174 e. The summed E-state index contributed by atoms with van der Waals surface area (Å²) in [5.74, 6) is 0.993. The lowest BCUT2D eigenvalue weighted by Crippen LogP contribution is -2.30. The van der Waals surface area contributed by atoms with Crippen molar-refractivity contribution in [3.8, 4) is 0 Å². The highest BCUT2D eigenvalue weighted by molar-refractivity contribution is 6.02. The van der Waals surface area contributed by atoms with Crippen molar-refractivity contribution in [2.24, 2.45) is 16.3 Å². The first kappa shape index (κ1) is 15.6. The molecule has 21 heavy (non-hydrogen) atoms. The van der Waals surface area contributed by atoms with E-state index in [1.807, 2.05) is 19.9 Å². The Morgan fingerprint density at radius 2 is 2.10 bits per heavy atom. The number of amidine groups is 1. The zero-order chi connectivity index (χ0) is 15.6. The van der Waals surface area contributed by atoms with Crippen LogP contribution < -0.4 is 10.6 Å². The van der Waals surface area contributed by atoms with Crippen LogP contribution in [0.15, 0.2) is 11.2 Å². The molecule has 0 amide bonds. The van der Waals surface area contributed by atoms with Crippen molar-refractivity contribution in [1.82, 2.24) is 4.98 Å². The third-order valence-electron chi connectivity index (χ3n) is 4.93. The van der Waals surface area contributed by atoms with Gasteiger partial charge in [-0.2, -0.15) is 0 Å². The van der Waals surface area contributed by atoms with Gasteiger partial charge in [0.1, 0.15) is 5.82 Å². The second kappa shape index (κ2) is 5.92. The normalized spacial score (nSPS) is 18.3. The van der Waals surface area contributed by atoms with Crippen molar-refractivity contribution in [2.45, 2.75) is 47.0 Å². The maximum Gasteiger partial charge on any atom is 0.174 e. The van der Waals surface area contributed by atoms with E-state index in [1.54, 1.807) is 0 Å². The van der Waals surface area contributed by atoms with Gasteiger partial charge in [-0.05, 0) is 50.2 Å². The molecule has 0 aromatic carbocycles. The van der Waals surface area contributed by atoms with E-state index in [0.29, 0.717) is 5.41 Å². The molecule has 116 valence electrons. The van der Waals surface area contributed by atoms with Gasteiger partial charge in [-0.1, -0.05) is 19.0 Å². The first-order chi connectivity index (χ1) is 9.96. The highest BCUT2D eigenvalue weighted by Gasteiger charge is 2.36. The summed E-state index contributed by atoms with van der Waals surface area (Å²) in [6.07, 6.45) is 3.51. The molecular weight excluding hydrogens is 264 g/mol. The highest BCUT2D eigenvalue weighted by Crippen LogP contribution is 2.39. The second-order valence-corrected chi connectivity index (χ2v) is 6.14. The topological polar surface area (TPSA) is 74.7 Å². The number of pyridine rings is 1. The number of oxime groups is 1. The van der Waals surface area contributed by atoms with E-state index < -0.39 is 0 Å². The molecule has 0 spiro atoms. The Morgan fingerprint density at radius 3 is 2.62 bits per heavy atom. The molecule has 0 unspecified atom stereocenters. The van der Waals surface area contributed by atoms with Crippen LogP contribution in [0.5, 0.6) is 0 Å². The lowest BCUT2D eigenvalue weighted by Gasteiger charge is -2.28. The Kier molecular flexibility index (Phi) is 4.40. The quantitative estimate of drug-likeness (QED) is 0.387. The standard InChI is InChI=1S/C16H26N4O/c1-5-16(6-2)7-8-20(10-16)15-13(14(17)19-21)11(3)9-12(4)18-15/h9,21H,5-8,10H2,1-4H3,(H2,17,19). The number of aryl methyl sites for hydroxylation is 2. The third kappa shape index (κ3) is 2.82. The first-order valence-corrected chi connectivity index (χ1v) is 7.67. The lowest BCUT2D eigenvalue weighted by molar-refractivity contribution is 0.301. The average Bonchev–Trinajstić information content (AvgIpc) is 2.91. The summed E-state index contributed by atoms with van der Waals surface area (Å²) in [6.45, 7) is 10.4. The lowest BCUT2D eigenvalue weighted by atomic mass is 9.82. The zero-order valence-corrected chi connectivity index (χ0v) is 13.5. The van der Waals surface area contributed by atoms with Crippen molar-refractivity contribution in [1.29, 1.82) is 0 Å². The van der Waals surface area contributed by atoms with Crippen molar-refractivity contribution in [3.05, 3.63) is 22.9 Å². The van der Waals surface area contributed by atoms with Crippen LogP contribution in [-0.4, -0.2) is 29.1 Å². The van der Waals surface area contributed by atoms with Crippen LogP contribution >= 0.6 is 0 Å². The van der Waals surface area contributed by atoms with Crippen molar-refractivity contribution in [2.75, 3.05) is 18.0 Å². The Bertz CT molecular complexity index is 549. The maximum absolute atomic E-state index is 9.06. The predicted octanol–water partition coefficient (Wildman–Crippen LogP) is 2.81. The fourth-order valence-corrected chi connectivity index (χ4v) is 3.36. The molecule has 5 heteroatoms. The minimum Gasteiger partial charge on any atom is -0.409 e. The number of rotatable bonds is 4. The molecular formula is C16H26N4O. The number of hydrogen-bond acceptors (Lipinski definition) is 4. The van der Waals surface area contributed by atoms with Gasteiger partial charge in [-0.15, -0.1) is 0 Å². The summed E-state index contributed by atoms with van der Waals surface area (Å²) in [6, 6.07) is 1.97. The predicted molar refractivity (Wildman–Crippen MR) is 86.1 cm³/mol. The van der Waals surface area contributed by atoms with Gasteiger partial charge in [0.25, 0.3) is 0 Å². The minimum atomic E-state index is 0.139. The van der Waals surface area contributed by atoms with Gasteiger partial charge in [-0.25, -0.2) is 4.98 Å². The van der Waals surface area contributed by atoms with Gasteiger partial charge in [-0.3, -0.25) is 0 Å². The van der Waals surface area contributed by atoms with E-state index in [4.69, 9.17) is 10.9 Å². The SMILES string of the molecule is CCC1(CC)CCN(c2nc(C)cc(C)c2/C(N)=N/O)C1. The summed E-state index contributed by atoms with van der Waals surface area (Å²) in [4.78, 5) is 6.97. The van der Waals surface area contributed by atoms with Crippen LogP contribution in [-0.2, 0) is 0 Å². The summed E-state index contributed by atoms with van der Waals surface area (Å²) in [5, 5.41) is 12.2. The van der Waals surface area contributed by atoms with Crippen LogP contribution in [0.4, 0.5) is 5.82 Å². The van der Waals surface area contributed by atoms with E-state index >= 15 is 0 Å². The molecule has 0 saturated carbocycles. The molecule has 2 heterocycles. The van der Waals surface area contributed by atoms with E-state index in [9.17, 15) is 0 Å². The molecule has 1 aromatic heterocycles. The summed E-state index contributed by atoms with van der Waals surface area (Å²) in [5.41, 5.74) is 8.96. The summed E-state index contributed by atoms with van der Waals surface area (Å²) < 4.78 is 0. The van der Waals surface area contributed by atoms with Crippen LogP contribution in [0.3, 0.4) is 0 Å². The molecule has 0 radical (unpaired) electrons. The molecule has 1 aliphatic heterocycles. The van der Waals surface area contributed by atoms with Gasteiger partial charge < -0.3 is 15.8 Å². The number of nitrogens with two attached hydrogens (primary N) is 1. The number of hydrogen-bond donors (Lipinski definition) is 2.